The molecule has 2 atom stereocenters. The summed E-state index contributed by atoms with van der Waals surface area (Å²) in [6.07, 6.45) is 1.24. The summed E-state index contributed by atoms with van der Waals surface area (Å²) in [7, 11) is 0. The molecule has 1 aliphatic rings. The lowest BCUT2D eigenvalue weighted by molar-refractivity contribution is 0.405. The summed E-state index contributed by atoms with van der Waals surface area (Å²) in [6, 6.07) is 0.565. The summed E-state index contributed by atoms with van der Waals surface area (Å²) in [5.41, 5.74) is 5.82. The van der Waals surface area contributed by atoms with E-state index in [1.165, 1.54) is 6.42 Å². The SMILES string of the molecule is CCN=C(N)N1CC(C)CC1C. The topological polar surface area (TPSA) is 41.6 Å². The Morgan fingerprint density at radius 1 is 1.58 bits per heavy atom. The molecule has 2 N–H and O–H groups in total. The Hall–Kier alpha value is -0.730. The van der Waals surface area contributed by atoms with Crippen LogP contribution in [0.3, 0.4) is 0 Å². The van der Waals surface area contributed by atoms with Gasteiger partial charge in [-0.05, 0) is 26.2 Å². The number of hydrogen-bond donors (Lipinski definition) is 1. The molecule has 0 aromatic carbocycles. The van der Waals surface area contributed by atoms with Crippen LogP contribution in [0.2, 0.25) is 0 Å². The molecule has 1 heterocycles. The second kappa shape index (κ2) is 3.78. The van der Waals surface area contributed by atoms with E-state index in [-0.39, 0.29) is 0 Å². The summed E-state index contributed by atoms with van der Waals surface area (Å²) in [6.45, 7) is 8.33. The van der Waals surface area contributed by atoms with Gasteiger partial charge in [0.2, 0.25) is 0 Å². The van der Waals surface area contributed by atoms with E-state index < -0.39 is 0 Å². The lowest BCUT2D eigenvalue weighted by atomic mass is 10.1. The Balaban J connectivity index is 2.57. The van der Waals surface area contributed by atoms with Crippen LogP contribution in [0.15, 0.2) is 4.99 Å². The van der Waals surface area contributed by atoms with Gasteiger partial charge in [0.1, 0.15) is 0 Å². The lowest BCUT2D eigenvalue weighted by Crippen LogP contribution is -2.39. The molecule has 1 aliphatic heterocycles. The van der Waals surface area contributed by atoms with E-state index in [1.807, 2.05) is 6.92 Å². The average molecular weight is 169 g/mol. The Morgan fingerprint density at radius 2 is 2.25 bits per heavy atom. The third kappa shape index (κ3) is 1.90. The molecule has 70 valence electrons. The van der Waals surface area contributed by atoms with Gasteiger partial charge in [0.25, 0.3) is 0 Å². The van der Waals surface area contributed by atoms with Crippen LogP contribution in [0.1, 0.15) is 27.2 Å². The monoisotopic (exact) mass is 169 g/mol. The highest BCUT2D eigenvalue weighted by Crippen LogP contribution is 2.21. The molecule has 0 saturated carbocycles. The molecule has 3 heteroatoms. The van der Waals surface area contributed by atoms with Gasteiger partial charge >= 0.3 is 0 Å². The highest BCUT2D eigenvalue weighted by atomic mass is 15.3. The van der Waals surface area contributed by atoms with E-state index in [0.717, 1.165) is 19.0 Å². The van der Waals surface area contributed by atoms with Crippen LogP contribution in [0.25, 0.3) is 0 Å². The van der Waals surface area contributed by atoms with Gasteiger partial charge in [-0.1, -0.05) is 6.92 Å². The summed E-state index contributed by atoms with van der Waals surface area (Å²) in [5, 5.41) is 0. The molecule has 0 spiro atoms. The Morgan fingerprint density at radius 3 is 2.67 bits per heavy atom. The molecule has 2 unspecified atom stereocenters. The van der Waals surface area contributed by atoms with Crippen molar-refractivity contribution in [1.29, 1.82) is 0 Å². The van der Waals surface area contributed by atoms with Crippen LogP contribution in [-0.2, 0) is 0 Å². The van der Waals surface area contributed by atoms with Gasteiger partial charge in [-0.25, -0.2) is 0 Å². The lowest BCUT2D eigenvalue weighted by Gasteiger charge is -2.22. The molecule has 1 fully saturated rings. The Bertz CT molecular complexity index is 177. The molecule has 0 radical (unpaired) electrons. The molecule has 0 bridgehead atoms. The number of nitrogens with two attached hydrogens (primary N) is 1. The summed E-state index contributed by atoms with van der Waals surface area (Å²) < 4.78 is 0. The number of aliphatic imine (C=N–C) groups is 1. The number of guanidine groups is 1. The highest BCUT2D eigenvalue weighted by Gasteiger charge is 2.26. The smallest absolute Gasteiger partial charge is 0.191 e. The van der Waals surface area contributed by atoms with Crippen molar-refractivity contribution in [2.45, 2.75) is 33.2 Å². The molecule has 1 rings (SSSR count). The first kappa shape index (κ1) is 9.36. The zero-order chi connectivity index (χ0) is 9.14. The molecular formula is C9H19N3. The minimum Gasteiger partial charge on any atom is -0.370 e. The van der Waals surface area contributed by atoms with Crippen molar-refractivity contribution >= 4 is 5.96 Å². The number of likely N-dealkylation sites (tertiary alicyclic amines) is 1. The van der Waals surface area contributed by atoms with Crippen molar-refractivity contribution in [3.63, 3.8) is 0 Å². The minimum absolute atomic E-state index is 0.565. The van der Waals surface area contributed by atoms with E-state index >= 15 is 0 Å². The normalized spacial score (nSPS) is 31.2. The van der Waals surface area contributed by atoms with E-state index in [2.05, 4.69) is 23.7 Å². The van der Waals surface area contributed by atoms with Gasteiger partial charge < -0.3 is 10.6 Å². The predicted octanol–water partition coefficient (Wildman–Crippen LogP) is 1.05. The molecule has 12 heavy (non-hydrogen) atoms. The van der Waals surface area contributed by atoms with Crippen molar-refractivity contribution in [3.8, 4) is 0 Å². The standard InChI is InChI=1S/C9H19N3/c1-4-11-9(10)12-6-7(2)5-8(12)3/h7-8H,4-6H2,1-3H3,(H2,10,11). The van der Waals surface area contributed by atoms with Gasteiger partial charge in [-0.15, -0.1) is 0 Å². The maximum Gasteiger partial charge on any atom is 0.191 e. The summed E-state index contributed by atoms with van der Waals surface area (Å²) >= 11 is 0. The Labute approximate surface area is 74.6 Å². The number of nitrogens with zero attached hydrogens (tertiary/aromatic N) is 2. The van der Waals surface area contributed by atoms with Crippen LogP contribution < -0.4 is 5.73 Å². The summed E-state index contributed by atoms with van der Waals surface area (Å²) in [4.78, 5) is 6.41. The van der Waals surface area contributed by atoms with Gasteiger partial charge in [0, 0.05) is 19.1 Å². The Kier molecular flexibility index (Phi) is 2.95. The molecule has 0 aliphatic carbocycles. The second-order valence-corrected chi connectivity index (χ2v) is 3.67. The fourth-order valence-electron chi connectivity index (χ4n) is 1.87. The quantitative estimate of drug-likeness (QED) is 0.471. The van der Waals surface area contributed by atoms with E-state index in [9.17, 15) is 0 Å². The van der Waals surface area contributed by atoms with Crippen molar-refractivity contribution in [3.05, 3.63) is 0 Å². The van der Waals surface area contributed by atoms with Crippen LogP contribution >= 0.6 is 0 Å². The molecule has 0 aromatic heterocycles. The molecular weight excluding hydrogens is 150 g/mol. The molecule has 0 aromatic rings. The number of rotatable bonds is 1. The maximum atomic E-state index is 5.82. The zero-order valence-corrected chi connectivity index (χ0v) is 8.25. The highest BCUT2D eigenvalue weighted by molar-refractivity contribution is 5.78. The first-order chi connectivity index (χ1) is 5.65. The van der Waals surface area contributed by atoms with Gasteiger partial charge in [-0.3, -0.25) is 4.99 Å². The fourth-order valence-corrected chi connectivity index (χ4v) is 1.87. The van der Waals surface area contributed by atoms with Gasteiger partial charge in [0.15, 0.2) is 5.96 Å². The van der Waals surface area contributed by atoms with Gasteiger partial charge in [0.05, 0.1) is 0 Å². The number of hydrogen-bond acceptors (Lipinski definition) is 1. The van der Waals surface area contributed by atoms with Crippen LogP contribution in [-0.4, -0.2) is 30.0 Å². The first-order valence-electron chi connectivity index (χ1n) is 4.71. The van der Waals surface area contributed by atoms with Crippen molar-refractivity contribution in [2.75, 3.05) is 13.1 Å². The molecule has 0 amide bonds. The van der Waals surface area contributed by atoms with Gasteiger partial charge in [-0.2, -0.15) is 0 Å². The van der Waals surface area contributed by atoms with Crippen LogP contribution in [0, 0.1) is 5.92 Å². The van der Waals surface area contributed by atoms with Crippen molar-refractivity contribution < 1.29 is 0 Å². The zero-order valence-electron chi connectivity index (χ0n) is 8.25. The van der Waals surface area contributed by atoms with Crippen molar-refractivity contribution in [1.82, 2.24) is 4.90 Å². The van der Waals surface area contributed by atoms with Crippen LogP contribution in [0.4, 0.5) is 0 Å². The van der Waals surface area contributed by atoms with Crippen LogP contribution in [0.5, 0.6) is 0 Å². The van der Waals surface area contributed by atoms with E-state index in [4.69, 9.17) is 5.73 Å². The fraction of sp³-hybridized carbons (Fsp3) is 0.889. The third-order valence-electron chi connectivity index (χ3n) is 2.40. The predicted molar refractivity (Wildman–Crippen MR) is 52.1 cm³/mol. The van der Waals surface area contributed by atoms with Crippen molar-refractivity contribution in [2.24, 2.45) is 16.6 Å². The average Bonchev–Trinajstić information content (AvgIpc) is 2.30. The molecule has 1 saturated heterocycles. The molecule has 3 nitrogen and oxygen atoms in total. The summed E-state index contributed by atoms with van der Waals surface area (Å²) in [5.74, 6) is 1.47. The van der Waals surface area contributed by atoms with E-state index in [0.29, 0.717) is 12.0 Å². The van der Waals surface area contributed by atoms with E-state index in [1.54, 1.807) is 0 Å². The third-order valence-corrected chi connectivity index (χ3v) is 2.40. The minimum atomic E-state index is 0.565. The second-order valence-electron chi connectivity index (χ2n) is 3.67. The maximum absolute atomic E-state index is 5.82. The first-order valence-corrected chi connectivity index (χ1v) is 4.71. The largest absolute Gasteiger partial charge is 0.370 e.